The summed E-state index contributed by atoms with van der Waals surface area (Å²) in [5.74, 6) is -0.895. The highest BCUT2D eigenvalue weighted by Crippen LogP contribution is 2.17. The van der Waals surface area contributed by atoms with Crippen LogP contribution >= 0.6 is 0 Å². The zero-order valence-electron chi connectivity index (χ0n) is 12.3. The molecule has 0 aliphatic heterocycles. The molecule has 0 aliphatic rings. The number of carbonyl (C=O) groups is 2. The van der Waals surface area contributed by atoms with Gasteiger partial charge in [-0.2, -0.15) is 5.26 Å². The minimum Gasteiger partial charge on any atom is -0.462 e. The van der Waals surface area contributed by atoms with E-state index < -0.39 is 5.97 Å². The fraction of sp³-hybridized carbons (Fsp3) is 0.312. The van der Waals surface area contributed by atoms with Gasteiger partial charge in [-0.1, -0.05) is 26.0 Å². The van der Waals surface area contributed by atoms with Crippen LogP contribution in [-0.4, -0.2) is 18.5 Å². The fourth-order valence-corrected chi connectivity index (χ4v) is 1.41. The van der Waals surface area contributed by atoms with Crippen molar-refractivity contribution in [1.82, 2.24) is 0 Å². The van der Waals surface area contributed by atoms with Gasteiger partial charge in [-0.25, -0.2) is 4.79 Å². The highest BCUT2D eigenvalue weighted by Gasteiger charge is 2.11. The Labute approximate surface area is 123 Å². The van der Waals surface area contributed by atoms with E-state index in [2.05, 4.69) is 0 Å². The fourth-order valence-electron chi connectivity index (χ4n) is 1.41. The maximum Gasteiger partial charge on any atom is 0.348 e. The molecule has 1 aromatic rings. The first-order valence-electron chi connectivity index (χ1n) is 6.58. The summed E-state index contributed by atoms with van der Waals surface area (Å²) in [5.41, 5.74) is 0.470. The van der Waals surface area contributed by atoms with Crippen molar-refractivity contribution in [3.8, 4) is 11.8 Å². The van der Waals surface area contributed by atoms with Crippen molar-refractivity contribution in [2.45, 2.75) is 20.8 Å². The maximum absolute atomic E-state index is 11.5. The molecule has 21 heavy (non-hydrogen) atoms. The molecule has 0 saturated carbocycles. The molecule has 0 heterocycles. The van der Waals surface area contributed by atoms with E-state index in [1.54, 1.807) is 51.1 Å². The molecule has 0 bridgehead atoms. The lowest BCUT2D eigenvalue weighted by molar-refractivity contribution is -0.138. The van der Waals surface area contributed by atoms with Gasteiger partial charge in [-0.15, -0.1) is 0 Å². The average molecular weight is 287 g/mol. The van der Waals surface area contributed by atoms with Crippen LogP contribution in [0.2, 0.25) is 0 Å². The molecule has 110 valence electrons. The summed E-state index contributed by atoms with van der Waals surface area (Å²) >= 11 is 0. The van der Waals surface area contributed by atoms with E-state index in [-0.39, 0.29) is 24.1 Å². The van der Waals surface area contributed by atoms with Gasteiger partial charge in [-0.3, -0.25) is 4.79 Å². The van der Waals surface area contributed by atoms with Crippen molar-refractivity contribution in [3.05, 3.63) is 35.4 Å². The second-order valence-corrected chi connectivity index (χ2v) is 4.54. The first kappa shape index (κ1) is 16.4. The van der Waals surface area contributed by atoms with E-state index in [1.165, 1.54) is 6.08 Å². The van der Waals surface area contributed by atoms with Crippen LogP contribution in [0.1, 0.15) is 26.3 Å². The molecule has 0 aliphatic carbocycles. The molecule has 0 amide bonds. The minimum absolute atomic E-state index is 0.107. The molecule has 0 aromatic heterocycles. The van der Waals surface area contributed by atoms with Gasteiger partial charge in [0.1, 0.15) is 17.4 Å². The van der Waals surface area contributed by atoms with E-state index in [9.17, 15) is 9.59 Å². The van der Waals surface area contributed by atoms with Crippen molar-refractivity contribution in [1.29, 1.82) is 5.26 Å². The highest BCUT2D eigenvalue weighted by molar-refractivity contribution is 5.97. The second kappa shape index (κ2) is 7.85. The van der Waals surface area contributed by atoms with E-state index in [0.717, 1.165) is 0 Å². The largest absolute Gasteiger partial charge is 0.462 e. The monoisotopic (exact) mass is 287 g/mol. The Kier molecular flexibility index (Phi) is 6.15. The van der Waals surface area contributed by atoms with E-state index >= 15 is 0 Å². The van der Waals surface area contributed by atoms with Crippen molar-refractivity contribution in [3.63, 3.8) is 0 Å². The standard InChI is InChI=1S/C16H17NO4/c1-4-20-16(19)13(10-17)8-12-6-5-7-14(9-12)21-15(18)11(2)3/h5-9,11H,4H2,1-3H3/b13-8+. The SMILES string of the molecule is CCOC(=O)/C(C#N)=C/c1cccc(OC(=O)C(C)C)c1. The van der Waals surface area contributed by atoms with Gasteiger partial charge < -0.3 is 9.47 Å². The van der Waals surface area contributed by atoms with Crippen LogP contribution in [0.15, 0.2) is 29.8 Å². The van der Waals surface area contributed by atoms with Crippen LogP contribution < -0.4 is 4.74 Å². The van der Waals surface area contributed by atoms with Gasteiger partial charge in [-0.05, 0) is 30.7 Å². The van der Waals surface area contributed by atoms with E-state index in [4.69, 9.17) is 14.7 Å². The lowest BCUT2D eigenvalue weighted by atomic mass is 10.1. The zero-order valence-corrected chi connectivity index (χ0v) is 12.3. The van der Waals surface area contributed by atoms with Crippen molar-refractivity contribution >= 4 is 18.0 Å². The number of esters is 2. The molecule has 0 N–H and O–H groups in total. The third kappa shape index (κ3) is 5.11. The smallest absolute Gasteiger partial charge is 0.348 e. The van der Waals surface area contributed by atoms with Crippen LogP contribution in [0, 0.1) is 17.2 Å². The summed E-state index contributed by atoms with van der Waals surface area (Å²) in [4.78, 5) is 23.1. The number of nitriles is 1. The molecule has 1 aromatic carbocycles. The Morgan fingerprint density at radius 1 is 1.38 bits per heavy atom. The number of nitrogens with zero attached hydrogens (tertiary/aromatic N) is 1. The van der Waals surface area contributed by atoms with Gasteiger partial charge in [0.05, 0.1) is 12.5 Å². The van der Waals surface area contributed by atoms with E-state index in [0.29, 0.717) is 11.3 Å². The Bertz CT molecular complexity index is 597. The van der Waals surface area contributed by atoms with Crippen molar-refractivity contribution < 1.29 is 19.1 Å². The van der Waals surface area contributed by atoms with Crippen molar-refractivity contribution in [2.24, 2.45) is 5.92 Å². The summed E-state index contributed by atoms with van der Waals surface area (Å²) in [6, 6.07) is 8.38. The number of rotatable bonds is 5. The third-order valence-electron chi connectivity index (χ3n) is 2.47. The molecule has 0 spiro atoms. The highest BCUT2D eigenvalue weighted by atomic mass is 16.5. The molecular weight excluding hydrogens is 270 g/mol. The zero-order chi connectivity index (χ0) is 15.8. The first-order chi connectivity index (χ1) is 9.97. The van der Waals surface area contributed by atoms with Crippen molar-refractivity contribution in [2.75, 3.05) is 6.61 Å². The Hall–Kier alpha value is -2.61. The summed E-state index contributed by atoms with van der Waals surface area (Å²) in [6.45, 7) is 5.34. The number of hydrogen-bond acceptors (Lipinski definition) is 5. The van der Waals surface area contributed by atoms with Crippen LogP contribution in [0.5, 0.6) is 5.75 Å². The van der Waals surface area contributed by atoms with Crippen LogP contribution in [0.4, 0.5) is 0 Å². The summed E-state index contributed by atoms with van der Waals surface area (Å²) < 4.78 is 9.95. The van der Waals surface area contributed by atoms with E-state index in [1.807, 2.05) is 0 Å². The first-order valence-corrected chi connectivity index (χ1v) is 6.58. The predicted octanol–water partition coefficient (Wildman–Crippen LogP) is 2.72. The topological polar surface area (TPSA) is 76.4 Å². The third-order valence-corrected chi connectivity index (χ3v) is 2.47. The molecular formula is C16H17NO4. The van der Waals surface area contributed by atoms with Gasteiger partial charge in [0, 0.05) is 0 Å². The Morgan fingerprint density at radius 3 is 2.67 bits per heavy atom. The average Bonchev–Trinajstić information content (AvgIpc) is 2.45. The lowest BCUT2D eigenvalue weighted by Gasteiger charge is -2.07. The number of hydrogen-bond donors (Lipinski definition) is 0. The molecule has 0 saturated heterocycles. The lowest BCUT2D eigenvalue weighted by Crippen LogP contribution is -2.14. The number of carbonyl (C=O) groups excluding carboxylic acids is 2. The minimum atomic E-state index is -0.676. The summed E-state index contributed by atoms with van der Waals surface area (Å²) in [5, 5.41) is 8.97. The molecule has 0 atom stereocenters. The van der Waals surface area contributed by atoms with Gasteiger partial charge in [0.15, 0.2) is 0 Å². The normalized spacial score (nSPS) is 10.9. The summed E-state index contributed by atoms with van der Waals surface area (Å²) in [6.07, 6.45) is 1.39. The predicted molar refractivity (Wildman–Crippen MR) is 77.1 cm³/mol. The van der Waals surface area contributed by atoms with Gasteiger partial charge >= 0.3 is 11.9 Å². The maximum atomic E-state index is 11.5. The summed E-state index contributed by atoms with van der Waals surface area (Å²) in [7, 11) is 0. The van der Waals surface area contributed by atoms with Crippen LogP contribution in [0.3, 0.4) is 0 Å². The Balaban J connectivity index is 2.96. The number of ether oxygens (including phenoxy) is 2. The molecule has 0 fully saturated rings. The van der Waals surface area contributed by atoms with Crippen LogP contribution in [-0.2, 0) is 14.3 Å². The van der Waals surface area contributed by atoms with Gasteiger partial charge in [0.25, 0.3) is 0 Å². The number of benzene rings is 1. The van der Waals surface area contributed by atoms with Crippen LogP contribution in [0.25, 0.3) is 6.08 Å². The Morgan fingerprint density at radius 2 is 2.10 bits per heavy atom. The molecule has 0 radical (unpaired) electrons. The molecule has 0 unspecified atom stereocenters. The van der Waals surface area contributed by atoms with Gasteiger partial charge in [0.2, 0.25) is 0 Å². The second-order valence-electron chi connectivity index (χ2n) is 4.54. The molecule has 1 rings (SSSR count). The molecule has 5 nitrogen and oxygen atoms in total. The molecule has 5 heteroatoms. The quantitative estimate of drug-likeness (QED) is 0.360.